The number of benzene rings is 1. The van der Waals surface area contributed by atoms with E-state index in [9.17, 15) is 0 Å². The monoisotopic (exact) mass is 228 g/mol. The fourth-order valence-electron chi connectivity index (χ4n) is 1.91. The summed E-state index contributed by atoms with van der Waals surface area (Å²) in [5.74, 6) is 1.90. The van der Waals surface area contributed by atoms with Gasteiger partial charge >= 0.3 is 0 Å². The van der Waals surface area contributed by atoms with Crippen molar-refractivity contribution in [2.45, 2.75) is 6.04 Å². The molecule has 3 N–H and O–H groups in total. The summed E-state index contributed by atoms with van der Waals surface area (Å²) in [4.78, 5) is 7.96. The lowest BCUT2D eigenvalue weighted by Gasteiger charge is -2.12. The molecule has 0 saturated heterocycles. The van der Waals surface area contributed by atoms with Crippen molar-refractivity contribution in [3.8, 4) is 5.75 Å². The maximum atomic E-state index is 5.58. The lowest BCUT2D eigenvalue weighted by molar-refractivity contribution is 0.339. The summed E-state index contributed by atoms with van der Waals surface area (Å²) in [6, 6.07) is 9.87. The predicted octanol–water partition coefficient (Wildman–Crippen LogP) is 1.60. The highest BCUT2D eigenvalue weighted by molar-refractivity contribution is 5.46. The molecule has 0 bridgehead atoms. The Kier molecular flexibility index (Phi) is 2.29. The molecule has 1 aromatic carbocycles. The number of rotatable bonds is 2. The van der Waals surface area contributed by atoms with Crippen LogP contribution in [0.4, 0.5) is 11.8 Å². The number of nitrogens with one attached hydrogen (secondary N) is 1. The second kappa shape index (κ2) is 3.93. The minimum atomic E-state index is 0.112. The van der Waals surface area contributed by atoms with Crippen LogP contribution in [0, 0.1) is 0 Å². The largest absolute Gasteiger partial charge is 0.491 e. The van der Waals surface area contributed by atoms with Gasteiger partial charge in [-0.05, 0) is 12.1 Å². The molecule has 0 saturated carbocycles. The van der Waals surface area contributed by atoms with E-state index in [2.05, 4.69) is 15.3 Å². The van der Waals surface area contributed by atoms with Gasteiger partial charge in [0.1, 0.15) is 18.2 Å². The highest BCUT2D eigenvalue weighted by atomic mass is 16.5. The number of aromatic nitrogens is 2. The second-order valence-electron chi connectivity index (χ2n) is 3.85. The summed E-state index contributed by atoms with van der Waals surface area (Å²) < 4.78 is 5.58. The Bertz CT molecular complexity index is 544. The summed E-state index contributed by atoms with van der Waals surface area (Å²) in [7, 11) is 0. The third kappa shape index (κ3) is 1.87. The van der Waals surface area contributed by atoms with E-state index in [-0.39, 0.29) is 12.0 Å². The van der Waals surface area contributed by atoms with Crippen molar-refractivity contribution in [3.05, 3.63) is 42.1 Å². The topological polar surface area (TPSA) is 73.1 Å². The number of ether oxygens (including phenoxy) is 1. The molecule has 2 heterocycles. The molecule has 1 aliphatic rings. The van der Waals surface area contributed by atoms with Gasteiger partial charge in [0, 0.05) is 11.8 Å². The van der Waals surface area contributed by atoms with Gasteiger partial charge in [0.15, 0.2) is 0 Å². The average molecular weight is 228 g/mol. The van der Waals surface area contributed by atoms with Crippen LogP contribution in [0.1, 0.15) is 11.6 Å². The first kappa shape index (κ1) is 9.89. The zero-order chi connectivity index (χ0) is 11.7. The Labute approximate surface area is 98.7 Å². The van der Waals surface area contributed by atoms with Gasteiger partial charge in [0.2, 0.25) is 5.95 Å². The SMILES string of the molecule is Nc1nccc(NC2COc3ccccc32)n1. The molecular formula is C12H12N4O. The number of hydrogen-bond donors (Lipinski definition) is 2. The molecule has 5 nitrogen and oxygen atoms in total. The number of hydrogen-bond acceptors (Lipinski definition) is 5. The lowest BCUT2D eigenvalue weighted by Crippen LogP contribution is -2.13. The number of nitrogens with zero attached hydrogens (tertiary/aromatic N) is 2. The third-order valence-corrected chi connectivity index (χ3v) is 2.70. The molecule has 0 fully saturated rings. The van der Waals surface area contributed by atoms with Crippen molar-refractivity contribution < 1.29 is 4.74 Å². The van der Waals surface area contributed by atoms with E-state index < -0.39 is 0 Å². The molecule has 86 valence electrons. The summed E-state index contributed by atoms with van der Waals surface area (Å²) in [6.07, 6.45) is 1.63. The van der Waals surface area contributed by atoms with E-state index in [4.69, 9.17) is 10.5 Å². The van der Waals surface area contributed by atoms with E-state index >= 15 is 0 Å². The fourth-order valence-corrected chi connectivity index (χ4v) is 1.91. The average Bonchev–Trinajstić information content (AvgIpc) is 2.73. The molecule has 0 amide bonds. The molecule has 1 atom stereocenters. The Morgan fingerprint density at radius 1 is 1.29 bits per heavy atom. The quantitative estimate of drug-likeness (QED) is 0.816. The number of fused-ring (bicyclic) bond motifs is 1. The van der Waals surface area contributed by atoms with Gasteiger partial charge in [-0.1, -0.05) is 18.2 Å². The summed E-state index contributed by atoms with van der Waals surface area (Å²) >= 11 is 0. The molecule has 3 rings (SSSR count). The third-order valence-electron chi connectivity index (χ3n) is 2.70. The smallest absolute Gasteiger partial charge is 0.221 e. The Morgan fingerprint density at radius 2 is 2.18 bits per heavy atom. The molecule has 5 heteroatoms. The zero-order valence-corrected chi connectivity index (χ0v) is 9.13. The first-order valence-corrected chi connectivity index (χ1v) is 5.40. The van der Waals surface area contributed by atoms with Gasteiger partial charge in [0.25, 0.3) is 0 Å². The van der Waals surface area contributed by atoms with Gasteiger partial charge in [-0.2, -0.15) is 4.98 Å². The molecule has 2 aromatic rings. The Balaban J connectivity index is 1.84. The molecule has 0 aliphatic carbocycles. The number of anilines is 2. The van der Waals surface area contributed by atoms with Gasteiger partial charge < -0.3 is 15.8 Å². The van der Waals surface area contributed by atoms with Crippen LogP contribution in [-0.4, -0.2) is 16.6 Å². The fraction of sp³-hybridized carbons (Fsp3) is 0.167. The van der Waals surface area contributed by atoms with Gasteiger partial charge in [-0.25, -0.2) is 4.98 Å². The van der Waals surface area contributed by atoms with Crippen molar-refractivity contribution in [2.24, 2.45) is 0 Å². The maximum absolute atomic E-state index is 5.58. The molecule has 1 aliphatic heterocycles. The van der Waals surface area contributed by atoms with Crippen molar-refractivity contribution in [1.82, 2.24) is 9.97 Å². The van der Waals surface area contributed by atoms with E-state index in [1.807, 2.05) is 24.3 Å². The summed E-state index contributed by atoms with van der Waals surface area (Å²) in [6.45, 7) is 0.600. The number of nitrogens with two attached hydrogens (primary N) is 1. The van der Waals surface area contributed by atoms with E-state index in [1.165, 1.54) is 0 Å². The van der Waals surface area contributed by atoms with Crippen LogP contribution in [-0.2, 0) is 0 Å². The molecular weight excluding hydrogens is 216 g/mol. The first-order chi connectivity index (χ1) is 8.33. The zero-order valence-electron chi connectivity index (χ0n) is 9.13. The number of para-hydroxylation sites is 1. The Hall–Kier alpha value is -2.30. The van der Waals surface area contributed by atoms with E-state index in [0.29, 0.717) is 12.4 Å². The predicted molar refractivity (Wildman–Crippen MR) is 64.7 cm³/mol. The molecule has 1 unspecified atom stereocenters. The molecule has 17 heavy (non-hydrogen) atoms. The van der Waals surface area contributed by atoms with Crippen LogP contribution in [0.15, 0.2) is 36.5 Å². The standard InChI is InChI=1S/C12H12N4O/c13-12-14-6-5-11(16-12)15-9-7-17-10-4-2-1-3-8(9)10/h1-6,9H,7H2,(H3,13,14,15,16). The summed E-state index contributed by atoms with van der Waals surface area (Å²) in [5, 5.41) is 3.28. The van der Waals surface area contributed by atoms with Crippen LogP contribution in [0.3, 0.4) is 0 Å². The van der Waals surface area contributed by atoms with Gasteiger partial charge in [-0.3, -0.25) is 0 Å². The van der Waals surface area contributed by atoms with Crippen molar-refractivity contribution in [2.75, 3.05) is 17.7 Å². The minimum absolute atomic E-state index is 0.112. The molecule has 0 spiro atoms. The highest BCUT2D eigenvalue weighted by Gasteiger charge is 2.23. The van der Waals surface area contributed by atoms with Crippen LogP contribution < -0.4 is 15.8 Å². The van der Waals surface area contributed by atoms with Gasteiger partial charge in [0.05, 0.1) is 6.04 Å². The normalized spacial score (nSPS) is 17.3. The van der Waals surface area contributed by atoms with E-state index in [0.717, 1.165) is 11.3 Å². The van der Waals surface area contributed by atoms with Crippen LogP contribution in [0.5, 0.6) is 5.75 Å². The van der Waals surface area contributed by atoms with Crippen molar-refractivity contribution in [1.29, 1.82) is 0 Å². The summed E-state index contributed by atoms with van der Waals surface area (Å²) in [5.41, 5.74) is 6.68. The molecule has 1 aromatic heterocycles. The Morgan fingerprint density at radius 3 is 3.06 bits per heavy atom. The second-order valence-corrected chi connectivity index (χ2v) is 3.85. The lowest BCUT2D eigenvalue weighted by atomic mass is 10.1. The number of nitrogen functional groups attached to an aromatic ring is 1. The van der Waals surface area contributed by atoms with Crippen molar-refractivity contribution in [3.63, 3.8) is 0 Å². The maximum Gasteiger partial charge on any atom is 0.221 e. The molecule has 0 radical (unpaired) electrons. The minimum Gasteiger partial charge on any atom is -0.491 e. The van der Waals surface area contributed by atoms with Gasteiger partial charge in [-0.15, -0.1) is 0 Å². The van der Waals surface area contributed by atoms with Crippen LogP contribution >= 0.6 is 0 Å². The van der Waals surface area contributed by atoms with Crippen molar-refractivity contribution >= 4 is 11.8 Å². The van der Waals surface area contributed by atoms with Crippen LogP contribution in [0.25, 0.3) is 0 Å². The first-order valence-electron chi connectivity index (χ1n) is 5.40. The van der Waals surface area contributed by atoms with Crippen LogP contribution in [0.2, 0.25) is 0 Å². The van der Waals surface area contributed by atoms with E-state index in [1.54, 1.807) is 12.3 Å². The highest BCUT2D eigenvalue weighted by Crippen LogP contribution is 2.33.